The molecular formula is C11H6F3N5. The van der Waals surface area contributed by atoms with E-state index >= 15 is 0 Å². The molecular weight excluding hydrogens is 259 g/mol. The molecule has 96 valence electrons. The summed E-state index contributed by atoms with van der Waals surface area (Å²) in [4.78, 5) is 7.70. The van der Waals surface area contributed by atoms with Gasteiger partial charge < -0.3 is 5.73 Å². The van der Waals surface area contributed by atoms with Gasteiger partial charge in [0.1, 0.15) is 5.82 Å². The van der Waals surface area contributed by atoms with E-state index in [0.717, 1.165) is 6.07 Å². The molecule has 0 aliphatic rings. The minimum atomic E-state index is -1.27. The summed E-state index contributed by atoms with van der Waals surface area (Å²) >= 11 is 0. The molecule has 2 aromatic heterocycles. The van der Waals surface area contributed by atoms with E-state index in [9.17, 15) is 13.2 Å². The van der Waals surface area contributed by atoms with Crippen molar-refractivity contribution >= 4 is 17.0 Å². The monoisotopic (exact) mass is 265 g/mol. The third-order valence-electron chi connectivity index (χ3n) is 2.59. The molecule has 0 unspecified atom stereocenters. The molecule has 3 aromatic rings. The molecule has 0 spiro atoms. The van der Waals surface area contributed by atoms with Crippen molar-refractivity contribution in [3.63, 3.8) is 0 Å². The molecule has 0 saturated heterocycles. The lowest BCUT2D eigenvalue weighted by Crippen LogP contribution is -1.99. The van der Waals surface area contributed by atoms with Gasteiger partial charge >= 0.3 is 0 Å². The molecule has 8 heteroatoms. The molecule has 0 radical (unpaired) electrons. The molecule has 0 aliphatic carbocycles. The summed E-state index contributed by atoms with van der Waals surface area (Å²) in [6.45, 7) is 0. The highest BCUT2D eigenvalue weighted by atomic mass is 19.2. The van der Waals surface area contributed by atoms with Crippen molar-refractivity contribution in [3.8, 4) is 11.3 Å². The van der Waals surface area contributed by atoms with Crippen LogP contribution in [-0.2, 0) is 0 Å². The van der Waals surface area contributed by atoms with Gasteiger partial charge in [-0.15, -0.1) is 0 Å². The van der Waals surface area contributed by atoms with Gasteiger partial charge in [0, 0.05) is 11.6 Å². The maximum absolute atomic E-state index is 13.7. The first kappa shape index (κ1) is 11.5. The van der Waals surface area contributed by atoms with Crippen molar-refractivity contribution in [1.82, 2.24) is 20.2 Å². The Labute approximate surface area is 104 Å². The fraction of sp³-hybridized carbons (Fsp3) is 0. The third-order valence-corrected chi connectivity index (χ3v) is 2.59. The Morgan fingerprint density at radius 3 is 2.53 bits per heavy atom. The summed E-state index contributed by atoms with van der Waals surface area (Å²) in [5.74, 6) is -3.52. The van der Waals surface area contributed by atoms with E-state index in [1.165, 1.54) is 6.20 Å². The highest BCUT2D eigenvalue weighted by Crippen LogP contribution is 2.29. The largest absolute Gasteiger partial charge is 0.368 e. The first-order chi connectivity index (χ1) is 9.06. The number of hydrogen-bond donors (Lipinski definition) is 2. The standard InChI is InChI=1S/C11H6F3N5/c12-6-2-8(14)7(13)1-4(6)9-5-3-16-19-10(5)18-11(15)17-9/h1-3H,(H3,15,16,17,18,19). The van der Waals surface area contributed by atoms with Gasteiger partial charge in [-0.25, -0.2) is 18.2 Å². The lowest BCUT2D eigenvalue weighted by atomic mass is 10.1. The number of nitrogens with zero attached hydrogens (tertiary/aromatic N) is 3. The van der Waals surface area contributed by atoms with E-state index < -0.39 is 17.5 Å². The summed E-state index contributed by atoms with van der Waals surface area (Å²) in [6.07, 6.45) is 1.35. The van der Waals surface area contributed by atoms with Crippen molar-refractivity contribution in [2.24, 2.45) is 0 Å². The molecule has 0 amide bonds. The van der Waals surface area contributed by atoms with Gasteiger partial charge in [0.25, 0.3) is 0 Å². The fourth-order valence-corrected chi connectivity index (χ4v) is 1.76. The van der Waals surface area contributed by atoms with Gasteiger partial charge in [-0.2, -0.15) is 10.1 Å². The smallest absolute Gasteiger partial charge is 0.222 e. The number of fused-ring (bicyclic) bond motifs is 1. The maximum Gasteiger partial charge on any atom is 0.222 e. The molecule has 0 fully saturated rings. The summed E-state index contributed by atoms with van der Waals surface area (Å²) in [5.41, 5.74) is 5.60. The van der Waals surface area contributed by atoms with Crippen LogP contribution in [0.2, 0.25) is 0 Å². The number of nitrogen functional groups attached to an aromatic ring is 1. The topological polar surface area (TPSA) is 80.5 Å². The average Bonchev–Trinajstić information content (AvgIpc) is 2.80. The van der Waals surface area contributed by atoms with Crippen LogP contribution in [0.3, 0.4) is 0 Å². The van der Waals surface area contributed by atoms with E-state index in [4.69, 9.17) is 5.73 Å². The van der Waals surface area contributed by atoms with Crippen molar-refractivity contribution in [2.75, 3.05) is 5.73 Å². The van der Waals surface area contributed by atoms with E-state index in [0.29, 0.717) is 11.5 Å². The second-order valence-electron chi connectivity index (χ2n) is 3.81. The molecule has 0 saturated carbocycles. The Morgan fingerprint density at radius 2 is 1.74 bits per heavy atom. The Bertz CT molecular complexity index is 783. The summed E-state index contributed by atoms with van der Waals surface area (Å²) in [6, 6.07) is 1.17. The molecule has 1 aromatic carbocycles. The number of rotatable bonds is 1. The molecule has 0 aliphatic heterocycles. The van der Waals surface area contributed by atoms with Gasteiger partial charge in [0.2, 0.25) is 5.95 Å². The number of H-pyrrole nitrogens is 1. The van der Waals surface area contributed by atoms with Gasteiger partial charge in [-0.3, -0.25) is 5.10 Å². The first-order valence-corrected chi connectivity index (χ1v) is 5.18. The minimum absolute atomic E-state index is 0.0488. The number of anilines is 1. The van der Waals surface area contributed by atoms with E-state index in [1.54, 1.807) is 0 Å². The lowest BCUT2D eigenvalue weighted by Gasteiger charge is -2.05. The van der Waals surface area contributed by atoms with Crippen LogP contribution < -0.4 is 5.73 Å². The van der Waals surface area contributed by atoms with E-state index in [-0.39, 0.29) is 22.9 Å². The average molecular weight is 265 g/mol. The van der Waals surface area contributed by atoms with Gasteiger partial charge in [-0.05, 0) is 6.07 Å². The second-order valence-corrected chi connectivity index (χ2v) is 3.81. The highest BCUT2D eigenvalue weighted by Gasteiger charge is 2.17. The van der Waals surface area contributed by atoms with Crippen LogP contribution >= 0.6 is 0 Å². The van der Waals surface area contributed by atoms with Crippen LogP contribution in [-0.4, -0.2) is 20.2 Å². The normalized spacial score (nSPS) is 11.1. The van der Waals surface area contributed by atoms with Crippen LogP contribution in [0.15, 0.2) is 18.3 Å². The molecule has 3 N–H and O–H groups in total. The van der Waals surface area contributed by atoms with Crippen molar-refractivity contribution in [3.05, 3.63) is 35.8 Å². The zero-order valence-corrected chi connectivity index (χ0v) is 9.28. The van der Waals surface area contributed by atoms with Crippen LogP contribution in [0.4, 0.5) is 19.1 Å². The number of aromatic amines is 1. The number of aromatic nitrogens is 4. The molecule has 5 nitrogen and oxygen atoms in total. The molecule has 19 heavy (non-hydrogen) atoms. The molecule has 2 heterocycles. The Kier molecular flexibility index (Phi) is 2.37. The second kappa shape index (κ2) is 3.94. The predicted molar refractivity (Wildman–Crippen MR) is 61.4 cm³/mol. The number of nitrogens with one attached hydrogen (secondary N) is 1. The fourth-order valence-electron chi connectivity index (χ4n) is 1.76. The molecule has 0 bridgehead atoms. The number of benzene rings is 1. The Balaban J connectivity index is 2.35. The molecule has 3 rings (SSSR count). The Morgan fingerprint density at radius 1 is 1.00 bits per heavy atom. The van der Waals surface area contributed by atoms with E-state index in [1.807, 2.05) is 0 Å². The first-order valence-electron chi connectivity index (χ1n) is 5.18. The van der Waals surface area contributed by atoms with Gasteiger partial charge in [0.05, 0.1) is 17.3 Å². The number of hydrogen-bond acceptors (Lipinski definition) is 4. The zero-order valence-electron chi connectivity index (χ0n) is 9.28. The zero-order chi connectivity index (χ0) is 13.6. The minimum Gasteiger partial charge on any atom is -0.368 e. The summed E-state index contributed by atoms with van der Waals surface area (Å²) in [5, 5.41) is 6.63. The SMILES string of the molecule is Nc1nc(-c2cc(F)c(F)cc2F)c2cn[nH]c2n1. The maximum atomic E-state index is 13.7. The van der Waals surface area contributed by atoms with Crippen LogP contribution in [0, 0.1) is 17.5 Å². The number of halogens is 3. The highest BCUT2D eigenvalue weighted by molar-refractivity contribution is 5.90. The summed E-state index contributed by atoms with van der Waals surface area (Å²) in [7, 11) is 0. The van der Waals surface area contributed by atoms with Crippen molar-refractivity contribution < 1.29 is 13.2 Å². The van der Waals surface area contributed by atoms with Crippen molar-refractivity contribution in [1.29, 1.82) is 0 Å². The van der Waals surface area contributed by atoms with Gasteiger partial charge in [0.15, 0.2) is 17.3 Å². The van der Waals surface area contributed by atoms with Crippen LogP contribution in [0.5, 0.6) is 0 Å². The van der Waals surface area contributed by atoms with Crippen LogP contribution in [0.25, 0.3) is 22.3 Å². The lowest BCUT2D eigenvalue weighted by molar-refractivity contribution is 0.496. The third kappa shape index (κ3) is 1.77. The van der Waals surface area contributed by atoms with Gasteiger partial charge in [-0.1, -0.05) is 0 Å². The Hall–Kier alpha value is -2.64. The van der Waals surface area contributed by atoms with Crippen molar-refractivity contribution in [2.45, 2.75) is 0 Å². The quantitative estimate of drug-likeness (QED) is 0.659. The van der Waals surface area contributed by atoms with E-state index in [2.05, 4.69) is 20.2 Å². The number of nitrogens with two attached hydrogens (primary N) is 1. The van der Waals surface area contributed by atoms with Crippen LogP contribution in [0.1, 0.15) is 0 Å². The molecule has 0 atom stereocenters. The summed E-state index contributed by atoms with van der Waals surface area (Å²) < 4.78 is 39.9. The predicted octanol–water partition coefficient (Wildman–Crippen LogP) is 2.02.